The minimum absolute atomic E-state index is 0.00166. The predicted octanol–water partition coefficient (Wildman–Crippen LogP) is 0.849. The van der Waals surface area contributed by atoms with Gasteiger partial charge in [-0.1, -0.05) is 0 Å². The lowest BCUT2D eigenvalue weighted by Crippen LogP contribution is -2.28. The second kappa shape index (κ2) is 4.83. The average molecular weight is 248 g/mol. The molecule has 2 rings (SSSR count). The van der Waals surface area contributed by atoms with E-state index in [0.717, 1.165) is 19.0 Å². The first-order chi connectivity index (χ1) is 8.63. The van der Waals surface area contributed by atoms with Gasteiger partial charge in [-0.25, -0.2) is 4.98 Å². The van der Waals surface area contributed by atoms with E-state index >= 15 is 0 Å². The smallest absolute Gasteiger partial charge is 0.329 e. The molecule has 2 N–H and O–H groups in total. The number of nitro groups is 1. The third kappa shape index (κ3) is 2.45. The Labute approximate surface area is 103 Å². The largest absolute Gasteiger partial charge is 0.368 e. The van der Waals surface area contributed by atoms with Gasteiger partial charge in [0.25, 0.3) is 0 Å². The minimum Gasteiger partial charge on any atom is -0.368 e. The number of nitrogens with zero attached hydrogens (tertiary/aromatic N) is 5. The highest BCUT2D eigenvalue weighted by Crippen LogP contribution is 2.35. The van der Waals surface area contributed by atoms with Gasteiger partial charge in [0.1, 0.15) is 6.20 Å². The molecule has 8 nitrogen and oxygen atoms in total. The van der Waals surface area contributed by atoms with Crippen molar-refractivity contribution in [1.29, 1.82) is 5.26 Å². The second-order valence-corrected chi connectivity index (χ2v) is 4.03. The highest BCUT2D eigenvalue weighted by Gasteiger charge is 2.34. The first-order valence-electron chi connectivity index (χ1n) is 5.54. The fraction of sp³-hybridized carbons (Fsp3) is 0.500. The van der Waals surface area contributed by atoms with Crippen molar-refractivity contribution in [3.8, 4) is 6.07 Å². The van der Waals surface area contributed by atoms with Gasteiger partial charge in [0, 0.05) is 12.6 Å². The summed E-state index contributed by atoms with van der Waals surface area (Å²) in [5, 5.41) is 19.6. The number of nitrogens with two attached hydrogens (primary N) is 1. The molecule has 0 bridgehead atoms. The molecule has 0 radical (unpaired) electrons. The Bertz CT molecular complexity index is 508. The van der Waals surface area contributed by atoms with Crippen LogP contribution in [0.4, 0.5) is 17.5 Å². The van der Waals surface area contributed by atoms with Crippen LogP contribution in [-0.4, -0.2) is 27.5 Å². The molecule has 0 aromatic carbocycles. The molecule has 1 saturated carbocycles. The number of hydrogen-bond donors (Lipinski definition) is 1. The number of aromatic nitrogens is 2. The molecule has 0 amide bonds. The maximum atomic E-state index is 10.9. The Morgan fingerprint density at radius 3 is 2.94 bits per heavy atom. The zero-order valence-electron chi connectivity index (χ0n) is 9.61. The van der Waals surface area contributed by atoms with Crippen LogP contribution in [-0.2, 0) is 0 Å². The monoisotopic (exact) mass is 248 g/mol. The summed E-state index contributed by atoms with van der Waals surface area (Å²) in [6.07, 6.45) is 3.30. The number of nitriles is 1. The van der Waals surface area contributed by atoms with Gasteiger partial charge in [-0.3, -0.25) is 10.1 Å². The summed E-state index contributed by atoms with van der Waals surface area (Å²) in [6.45, 7) is 0.415. The summed E-state index contributed by atoms with van der Waals surface area (Å²) in [4.78, 5) is 19.8. The van der Waals surface area contributed by atoms with Crippen molar-refractivity contribution in [2.24, 2.45) is 0 Å². The van der Waals surface area contributed by atoms with Gasteiger partial charge in [0.15, 0.2) is 0 Å². The fourth-order valence-corrected chi connectivity index (χ4v) is 1.74. The van der Waals surface area contributed by atoms with E-state index in [9.17, 15) is 10.1 Å². The van der Waals surface area contributed by atoms with E-state index in [4.69, 9.17) is 11.0 Å². The molecule has 1 aromatic heterocycles. The van der Waals surface area contributed by atoms with E-state index < -0.39 is 4.92 Å². The maximum Gasteiger partial charge on any atom is 0.329 e. The van der Waals surface area contributed by atoms with Crippen LogP contribution in [0.25, 0.3) is 0 Å². The van der Waals surface area contributed by atoms with E-state index in [1.807, 2.05) is 6.07 Å². The van der Waals surface area contributed by atoms with Crippen molar-refractivity contribution < 1.29 is 4.92 Å². The summed E-state index contributed by atoms with van der Waals surface area (Å²) in [6, 6.07) is 2.24. The Morgan fingerprint density at radius 2 is 2.39 bits per heavy atom. The van der Waals surface area contributed by atoms with Gasteiger partial charge in [-0.05, 0) is 12.8 Å². The summed E-state index contributed by atoms with van der Waals surface area (Å²) in [7, 11) is 0. The molecule has 0 unspecified atom stereocenters. The zero-order valence-corrected chi connectivity index (χ0v) is 9.61. The van der Waals surface area contributed by atoms with Gasteiger partial charge < -0.3 is 10.6 Å². The summed E-state index contributed by atoms with van der Waals surface area (Å²) >= 11 is 0. The van der Waals surface area contributed by atoms with Crippen molar-refractivity contribution in [2.45, 2.75) is 25.3 Å². The minimum atomic E-state index is -0.531. The highest BCUT2D eigenvalue weighted by atomic mass is 16.6. The molecular weight excluding hydrogens is 236 g/mol. The molecule has 0 saturated heterocycles. The third-order valence-corrected chi connectivity index (χ3v) is 2.69. The van der Waals surface area contributed by atoms with Gasteiger partial charge in [0.2, 0.25) is 11.8 Å². The molecule has 1 heterocycles. The zero-order chi connectivity index (χ0) is 13.1. The fourth-order valence-electron chi connectivity index (χ4n) is 1.74. The van der Waals surface area contributed by atoms with Crippen LogP contribution in [0, 0.1) is 21.4 Å². The SMILES string of the molecule is N#CCCN(c1nc(N)ncc1[N+](=O)[O-])C1CC1. The van der Waals surface area contributed by atoms with E-state index in [1.165, 1.54) is 0 Å². The normalized spacial score (nSPS) is 13.9. The molecule has 18 heavy (non-hydrogen) atoms. The quantitative estimate of drug-likeness (QED) is 0.605. The Morgan fingerprint density at radius 1 is 1.67 bits per heavy atom. The van der Waals surface area contributed by atoms with Crippen LogP contribution in [0.15, 0.2) is 6.20 Å². The predicted molar refractivity (Wildman–Crippen MR) is 63.7 cm³/mol. The summed E-state index contributed by atoms with van der Waals surface area (Å²) in [5.41, 5.74) is 5.31. The maximum absolute atomic E-state index is 10.9. The molecule has 1 aliphatic rings. The van der Waals surface area contributed by atoms with Crippen molar-refractivity contribution in [2.75, 3.05) is 17.2 Å². The molecule has 8 heteroatoms. The van der Waals surface area contributed by atoms with Gasteiger partial charge in [-0.2, -0.15) is 10.2 Å². The molecule has 0 spiro atoms. The Kier molecular flexibility index (Phi) is 3.23. The molecule has 0 aliphatic heterocycles. The van der Waals surface area contributed by atoms with E-state index in [-0.39, 0.29) is 29.9 Å². The average Bonchev–Trinajstić information content (AvgIpc) is 3.13. The standard InChI is InChI=1S/C10H12N6O2/c11-4-1-5-15(7-2-3-7)9-8(16(17)18)6-13-10(12)14-9/h6-7H,1-3,5H2,(H2,12,13,14). The highest BCUT2D eigenvalue weighted by molar-refractivity contribution is 5.59. The number of hydrogen-bond acceptors (Lipinski definition) is 7. The molecule has 1 fully saturated rings. The van der Waals surface area contributed by atoms with Crippen LogP contribution < -0.4 is 10.6 Å². The second-order valence-electron chi connectivity index (χ2n) is 4.03. The van der Waals surface area contributed by atoms with Crippen molar-refractivity contribution >= 4 is 17.5 Å². The van der Waals surface area contributed by atoms with Crippen LogP contribution in [0.3, 0.4) is 0 Å². The first-order valence-corrected chi connectivity index (χ1v) is 5.54. The molecular formula is C10H12N6O2. The van der Waals surface area contributed by atoms with Crippen LogP contribution in [0.5, 0.6) is 0 Å². The molecule has 1 aliphatic carbocycles. The van der Waals surface area contributed by atoms with Gasteiger partial charge in [0.05, 0.1) is 17.4 Å². The lowest BCUT2D eigenvalue weighted by atomic mass is 10.3. The van der Waals surface area contributed by atoms with Crippen LogP contribution in [0.1, 0.15) is 19.3 Å². The lowest BCUT2D eigenvalue weighted by molar-refractivity contribution is -0.384. The third-order valence-electron chi connectivity index (χ3n) is 2.69. The molecule has 0 atom stereocenters. The molecule has 94 valence electrons. The Hall–Kier alpha value is -2.43. The first kappa shape index (κ1) is 12.0. The van der Waals surface area contributed by atoms with Crippen LogP contribution >= 0.6 is 0 Å². The van der Waals surface area contributed by atoms with Crippen molar-refractivity contribution in [3.63, 3.8) is 0 Å². The summed E-state index contributed by atoms with van der Waals surface area (Å²) in [5.74, 6) is 0.212. The number of anilines is 2. The van der Waals surface area contributed by atoms with E-state index in [1.54, 1.807) is 4.90 Å². The number of rotatable bonds is 5. The van der Waals surface area contributed by atoms with E-state index in [0.29, 0.717) is 6.54 Å². The Balaban J connectivity index is 2.36. The van der Waals surface area contributed by atoms with Crippen LogP contribution in [0.2, 0.25) is 0 Å². The lowest BCUT2D eigenvalue weighted by Gasteiger charge is -2.21. The topological polar surface area (TPSA) is 122 Å². The number of nitrogen functional groups attached to an aromatic ring is 1. The molecule has 1 aromatic rings. The van der Waals surface area contributed by atoms with Crippen molar-refractivity contribution in [1.82, 2.24) is 9.97 Å². The van der Waals surface area contributed by atoms with E-state index in [2.05, 4.69) is 9.97 Å². The summed E-state index contributed by atoms with van der Waals surface area (Å²) < 4.78 is 0. The van der Waals surface area contributed by atoms with Gasteiger partial charge in [-0.15, -0.1) is 0 Å². The van der Waals surface area contributed by atoms with Gasteiger partial charge >= 0.3 is 5.69 Å². The van der Waals surface area contributed by atoms with Crippen molar-refractivity contribution in [3.05, 3.63) is 16.3 Å².